The fourth-order valence-corrected chi connectivity index (χ4v) is 4.51. The van der Waals surface area contributed by atoms with Gasteiger partial charge in [-0.15, -0.1) is 0 Å². The van der Waals surface area contributed by atoms with Crippen molar-refractivity contribution in [3.05, 3.63) is 35.4 Å². The van der Waals surface area contributed by atoms with Gasteiger partial charge in [0, 0.05) is 5.56 Å². The highest BCUT2D eigenvalue weighted by atomic mass is 16.5. The van der Waals surface area contributed by atoms with Crippen LogP contribution >= 0.6 is 0 Å². The molecule has 94 valence electrons. The summed E-state index contributed by atoms with van der Waals surface area (Å²) in [6.45, 7) is 4.63. The van der Waals surface area contributed by atoms with E-state index in [4.69, 9.17) is 4.74 Å². The van der Waals surface area contributed by atoms with Gasteiger partial charge in [0.2, 0.25) is 0 Å². The van der Waals surface area contributed by atoms with Crippen molar-refractivity contribution in [1.29, 1.82) is 0 Å². The lowest BCUT2D eigenvalue weighted by atomic mass is 9.81. The number of Topliss-reactive ketones (excluding diaryl/α,β-unsaturated/α-hetero) is 1. The number of carbonyl (C=O) groups is 1. The molecule has 2 fully saturated rings. The van der Waals surface area contributed by atoms with Crippen molar-refractivity contribution in [2.75, 3.05) is 0 Å². The van der Waals surface area contributed by atoms with Gasteiger partial charge in [0.1, 0.15) is 6.10 Å². The zero-order chi connectivity index (χ0) is 12.5. The minimum atomic E-state index is -0.180. The molecule has 3 aliphatic rings. The summed E-state index contributed by atoms with van der Waals surface area (Å²) in [4.78, 5) is 12.3. The molecule has 0 radical (unpaired) electrons. The van der Waals surface area contributed by atoms with Crippen LogP contribution in [0.2, 0.25) is 0 Å². The van der Waals surface area contributed by atoms with Gasteiger partial charge in [-0.05, 0) is 36.2 Å². The highest BCUT2D eigenvalue weighted by Gasteiger charge is 2.62. The molecule has 1 saturated heterocycles. The molecule has 0 aromatic heterocycles. The topological polar surface area (TPSA) is 26.3 Å². The van der Waals surface area contributed by atoms with Gasteiger partial charge in [0.15, 0.2) is 5.78 Å². The Morgan fingerprint density at radius 3 is 2.89 bits per heavy atom. The number of ketones is 1. The number of carbonyl (C=O) groups excluding carboxylic acids is 1. The number of ether oxygens (including phenoxy) is 1. The van der Waals surface area contributed by atoms with E-state index in [9.17, 15) is 4.79 Å². The summed E-state index contributed by atoms with van der Waals surface area (Å²) in [5.74, 6) is 0.716. The van der Waals surface area contributed by atoms with Gasteiger partial charge in [0.05, 0.1) is 5.60 Å². The molecule has 1 spiro atoms. The van der Waals surface area contributed by atoms with Gasteiger partial charge in [-0.1, -0.05) is 38.1 Å². The van der Waals surface area contributed by atoms with Crippen LogP contribution in [0.4, 0.5) is 0 Å². The summed E-state index contributed by atoms with van der Waals surface area (Å²) in [6, 6.07) is 8.07. The molecule has 2 heteroatoms. The Morgan fingerprint density at radius 2 is 2.06 bits per heavy atom. The molecule has 1 aliphatic carbocycles. The maximum Gasteiger partial charge on any atom is 0.191 e. The van der Waals surface area contributed by atoms with Crippen molar-refractivity contribution in [1.82, 2.24) is 0 Å². The normalized spacial score (nSPS) is 39.6. The zero-order valence-electron chi connectivity index (χ0n) is 10.9. The molecule has 2 nitrogen and oxygen atoms in total. The molecule has 18 heavy (non-hydrogen) atoms. The zero-order valence-corrected chi connectivity index (χ0v) is 10.9. The Balaban J connectivity index is 1.95. The highest BCUT2D eigenvalue weighted by molar-refractivity contribution is 6.02. The standard InChI is InChI=1S/C16H18O2/c1-15(2)8-10-7-13-14(17)11-5-3-4-6-12(11)16(10,9-15)18-13/h3-6,10,13H,7-9H2,1-2H3/t10-,13-,16+/m1/s1. The lowest BCUT2D eigenvalue weighted by Gasteiger charge is -2.36. The molecule has 0 N–H and O–H groups in total. The first-order chi connectivity index (χ1) is 8.52. The highest BCUT2D eigenvalue weighted by Crippen LogP contribution is 2.63. The molecule has 2 bridgehead atoms. The maximum absolute atomic E-state index is 12.3. The van der Waals surface area contributed by atoms with Gasteiger partial charge >= 0.3 is 0 Å². The van der Waals surface area contributed by atoms with Crippen molar-refractivity contribution in [3.8, 4) is 0 Å². The Morgan fingerprint density at radius 1 is 1.28 bits per heavy atom. The van der Waals surface area contributed by atoms with Crippen molar-refractivity contribution in [3.63, 3.8) is 0 Å². The summed E-state index contributed by atoms with van der Waals surface area (Å²) in [6.07, 6.45) is 2.95. The predicted octanol–water partition coefficient (Wildman–Crippen LogP) is 3.30. The third-order valence-electron chi connectivity index (χ3n) is 4.99. The van der Waals surface area contributed by atoms with E-state index in [-0.39, 0.29) is 17.5 Å². The number of fused-ring (bicyclic) bond motifs is 2. The van der Waals surface area contributed by atoms with Gasteiger partial charge in [-0.2, -0.15) is 0 Å². The minimum Gasteiger partial charge on any atom is -0.359 e. The van der Waals surface area contributed by atoms with E-state index in [1.54, 1.807) is 0 Å². The SMILES string of the molecule is CC1(C)C[C@H]2C[C@H]3O[C@]2(C1)c1ccccc1C3=O. The second-order valence-electron chi connectivity index (χ2n) is 6.88. The first kappa shape index (κ1) is 10.7. The van der Waals surface area contributed by atoms with E-state index in [0.717, 1.165) is 24.0 Å². The monoisotopic (exact) mass is 242 g/mol. The Bertz CT molecular complexity index is 546. The van der Waals surface area contributed by atoms with E-state index in [1.165, 1.54) is 6.42 Å². The van der Waals surface area contributed by atoms with E-state index in [1.807, 2.05) is 18.2 Å². The predicted molar refractivity (Wildman–Crippen MR) is 68.4 cm³/mol. The van der Waals surface area contributed by atoms with Crippen LogP contribution in [-0.2, 0) is 10.3 Å². The third-order valence-corrected chi connectivity index (χ3v) is 4.99. The average Bonchev–Trinajstić information content (AvgIpc) is 2.74. The first-order valence-electron chi connectivity index (χ1n) is 6.83. The lowest BCUT2D eigenvalue weighted by molar-refractivity contribution is -0.0580. The molecule has 1 saturated carbocycles. The molecule has 1 aromatic rings. The van der Waals surface area contributed by atoms with E-state index in [2.05, 4.69) is 19.9 Å². The smallest absolute Gasteiger partial charge is 0.191 e. The largest absolute Gasteiger partial charge is 0.359 e. The molecular weight excluding hydrogens is 224 g/mol. The summed E-state index contributed by atoms with van der Waals surface area (Å²) < 4.78 is 6.23. The van der Waals surface area contributed by atoms with Crippen molar-refractivity contribution < 1.29 is 9.53 Å². The Kier molecular flexibility index (Phi) is 1.82. The van der Waals surface area contributed by atoms with Gasteiger partial charge in [0.25, 0.3) is 0 Å². The van der Waals surface area contributed by atoms with E-state index < -0.39 is 0 Å². The van der Waals surface area contributed by atoms with Crippen LogP contribution in [0.15, 0.2) is 24.3 Å². The van der Waals surface area contributed by atoms with Gasteiger partial charge in [-0.25, -0.2) is 0 Å². The number of hydrogen-bond acceptors (Lipinski definition) is 2. The Labute approximate surface area is 107 Å². The van der Waals surface area contributed by atoms with Gasteiger partial charge < -0.3 is 4.74 Å². The van der Waals surface area contributed by atoms with Gasteiger partial charge in [-0.3, -0.25) is 4.79 Å². The summed E-state index contributed by atoms with van der Waals surface area (Å²) in [7, 11) is 0. The molecule has 4 rings (SSSR count). The average molecular weight is 242 g/mol. The fraction of sp³-hybridized carbons (Fsp3) is 0.562. The lowest BCUT2D eigenvalue weighted by Crippen LogP contribution is -2.38. The fourth-order valence-electron chi connectivity index (χ4n) is 4.51. The van der Waals surface area contributed by atoms with Crippen LogP contribution in [-0.4, -0.2) is 11.9 Å². The van der Waals surface area contributed by atoms with E-state index >= 15 is 0 Å². The molecule has 0 amide bonds. The molecule has 1 aromatic carbocycles. The van der Waals surface area contributed by atoms with Crippen LogP contribution in [0.1, 0.15) is 49.0 Å². The summed E-state index contributed by atoms with van der Waals surface area (Å²) >= 11 is 0. The van der Waals surface area contributed by atoms with Crippen LogP contribution in [0.25, 0.3) is 0 Å². The second-order valence-corrected chi connectivity index (χ2v) is 6.88. The van der Waals surface area contributed by atoms with E-state index in [0.29, 0.717) is 11.3 Å². The maximum atomic E-state index is 12.3. The van der Waals surface area contributed by atoms with Crippen LogP contribution in [0.3, 0.4) is 0 Å². The number of hydrogen-bond donors (Lipinski definition) is 0. The van der Waals surface area contributed by atoms with Crippen molar-refractivity contribution in [2.24, 2.45) is 11.3 Å². The molecule has 0 unspecified atom stereocenters. The van der Waals surface area contributed by atoms with Crippen LogP contribution in [0, 0.1) is 11.3 Å². The first-order valence-corrected chi connectivity index (χ1v) is 6.83. The summed E-state index contributed by atoms with van der Waals surface area (Å²) in [5.41, 5.74) is 2.22. The molecule has 2 aliphatic heterocycles. The van der Waals surface area contributed by atoms with Crippen molar-refractivity contribution >= 4 is 5.78 Å². The number of rotatable bonds is 0. The minimum absolute atomic E-state index is 0.168. The molecule has 2 heterocycles. The quantitative estimate of drug-likeness (QED) is 0.697. The Hall–Kier alpha value is -1.15. The number of benzene rings is 1. The summed E-state index contributed by atoms with van der Waals surface area (Å²) in [5, 5.41) is 0. The second kappa shape index (κ2) is 3.05. The molecular formula is C16H18O2. The van der Waals surface area contributed by atoms with Crippen LogP contribution < -0.4 is 0 Å². The molecule has 3 atom stereocenters. The third kappa shape index (κ3) is 1.15. The van der Waals surface area contributed by atoms with Crippen LogP contribution in [0.5, 0.6) is 0 Å². The van der Waals surface area contributed by atoms with Crippen molar-refractivity contribution in [2.45, 2.75) is 44.8 Å².